The molecule has 2 aliphatic heterocycles. The fourth-order valence-electron chi connectivity index (χ4n) is 3.11. The van der Waals surface area contributed by atoms with Crippen LogP contribution in [0.3, 0.4) is 0 Å². The molecule has 1 N–H and O–H groups in total. The fraction of sp³-hybridized carbons (Fsp3) is 0.353. The number of esters is 1. The standard InChI is InChI=1S/C17H18N2O7S/c1-10-9-27(23,24)15-12(18-17(22)25-2)14(20)19(15)13(10)16(21)26-8-11-6-4-3-5-7-11/h3-7,12,15H,8-9H2,1-2H3,(H,18,22). The maximum absolute atomic E-state index is 12.5. The summed E-state index contributed by atoms with van der Waals surface area (Å²) in [6, 6.07) is 7.65. The number of nitrogens with one attached hydrogen (secondary N) is 1. The predicted octanol–water partition coefficient (Wildman–Crippen LogP) is 0.325. The Balaban J connectivity index is 1.82. The topological polar surface area (TPSA) is 119 Å². The van der Waals surface area contributed by atoms with Gasteiger partial charge in [-0.05, 0) is 18.1 Å². The normalized spacial score (nSPS) is 23.2. The van der Waals surface area contributed by atoms with Crippen LogP contribution in [-0.4, -0.2) is 55.6 Å². The van der Waals surface area contributed by atoms with Gasteiger partial charge >= 0.3 is 12.1 Å². The number of alkyl carbamates (subject to hydrolysis) is 1. The molecular formula is C17H18N2O7S. The summed E-state index contributed by atoms with van der Waals surface area (Å²) in [6.45, 7) is 1.45. The molecule has 1 saturated heterocycles. The number of hydrogen-bond acceptors (Lipinski definition) is 7. The number of β-lactam (4-membered cyclic amide) rings is 1. The lowest BCUT2D eigenvalue weighted by Gasteiger charge is -2.48. The van der Waals surface area contributed by atoms with Gasteiger partial charge in [-0.2, -0.15) is 0 Å². The van der Waals surface area contributed by atoms with E-state index in [1.54, 1.807) is 24.3 Å². The van der Waals surface area contributed by atoms with Crippen molar-refractivity contribution in [3.63, 3.8) is 0 Å². The zero-order valence-electron chi connectivity index (χ0n) is 14.7. The van der Waals surface area contributed by atoms with Crippen LogP contribution in [0.4, 0.5) is 4.79 Å². The second-order valence-electron chi connectivity index (χ2n) is 6.21. The van der Waals surface area contributed by atoms with Crippen LogP contribution in [0.2, 0.25) is 0 Å². The first-order valence-corrected chi connectivity index (χ1v) is 9.77. The van der Waals surface area contributed by atoms with E-state index in [1.165, 1.54) is 6.92 Å². The molecule has 2 amide bonds. The van der Waals surface area contributed by atoms with Gasteiger partial charge in [0.15, 0.2) is 15.2 Å². The van der Waals surface area contributed by atoms with E-state index in [9.17, 15) is 22.8 Å². The first-order chi connectivity index (χ1) is 12.8. The van der Waals surface area contributed by atoms with Gasteiger partial charge in [0.1, 0.15) is 18.3 Å². The monoisotopic (exact) mass is 394 g/mol. The lowest BCUT2D eigenvalue weighted by atomic mass is 10.0. The Morgan fingerprint density at radius 1 is 1.26 bits per heavy atom. The van der Waals surface area contributed by atoms with Crippen molar-refractivity contribution in [3.8, 4) is 0 Å². The van der Waals surface area contributed by atoms with Crippen molar-refractivity contribution in [3.05, 3.63) is 47.2 Å². The molecule has 3 rings (SSSR count). The van der Waals surface area contributed by atoms with Crippen LogP contribution in [-0.2, 0) is 35.5 Å². The van der Waals surface area contributed by atoms with Gasteiger partial charge in [-0.15, -0.1) is 0 Å². The van der Waals surface area contributed by atoms with Crippen molar-refractivity contribution in [2.24, 2.45) is 0 Å². The summed E-state index contributed by atoms with van der Waals surface area (Å²) in [5.74, 6) is -1.91. The van der Waals surface area contributed by atoms with E-state index in [-0.39, 0.29) is 17.9 Å². The molecule has 1 fully saturated rings. The van der Waals surface area contributed by atoms with Gasteiger partial charge in [0.2, 0.25) is 0 Å². The number of fused-ring (bicyclic) bond motifs is 1. The number of amides is 2. The Morgan fingerprint density at radius 2 is 1.93 bits per heavy atom. The van der Waals surface area contributed by atoms with Crippen molar-refractivity contribution in [1.82, 2.24) is 10.2 Å². The van der Waals surface area contributed by atoms with Crippen LogP contribution in [0.5, 0.6) is 0 Å². The van der Waals surface area contributed by atoms with Crippen LogP contribution in [0.15, 0.2) is 41.6 Å². The Morgan fingerprint density at radius 3 is 2.56 bits per heavy atom. The van der Waals surface area contributed by atoms with Crippen molar-refractivity contribution >= 4 is 27.8 Å². The first-order valence-electron chi connectivity index (χ1n) is 8.06. The van der Waals surface area contributed by atoms with Crippen molar-refractivity contribution in [1.29, 1.82) is 0 Å². The number of ether oxygens (including phenoxy) is 2. The van der Waals surface area contributed by atoms with Crippen LogP contribution >= 0.6 is 0 Å². The number of sulfone groups is 1. The maximum atomic E-state index is 12.5. The minimum atomic E-state index is -3.77. The first kappa shape index (κ1) is 18.9. The molecule has 2 unspecified atom stereocenters. The number of methoxy groups -OCH3 is 1. The van der Waals surface area contributed by atoms with Crippen LogP contribution in [0.25, 0.3) is 0 Å². The maximum Gasteiger partial charge on any atom is 0.407 e. The summed E-state index contributed by atoms with van der Waals surface area (Å²) in [6.07, 6.45) is -0.928. The minimum absolute atomic E-state index is 0.0141. The molecule has 0 spiro atoms. The molecule has 0 saturated carbocycles. The SMILES string of the molecule is COC(=O)NC1C(=O)N2C(C(=O)OCc3ccccc3)=C(C)CS(=O)(=O)C12. The molecule has 0 aromatic heterocycles. The van der Waals surface area contributed by atoms with Gasteiger partial charge in [-0.1, -0.05) is 30.3 Å². The highest BCUT2D eigenvalue weighted by molar-refractivity contribution is 7.92. The summed E-state index contributed by atoms with van der Waals surface area (Å²) < 4.78 is 34.6. The average Bonchev–Trinajstić information content (AvgIpc) is 2.63. The number of hydrogen-bond donors (Lipinski definition) is 1. The van der Waals surface area contributed by atoms with E-state index < -0.39 is 45.0 Å². The lowest BCUT2D eigenvalue weighted by molar-refractivity contribution is -0.152. The highest BCUT2D eigenvalue weighted by atomic mass is 32.2. The predicted molar refractivity (Wildman–Crippen MR) is 92.7 cm³/mol. The summed E-state index contributed by atoms with van der Waals surface area (Å²) in [5, 5.41) is 0.842. The van der Waals surface area contributed by atoms with E-state index in [0.717, 1.165) is 17.6 Å². The van der Waals surface area contributed by atoms with E-state index in [1.807, 2.05) is 6.07 Å². The van der Waals surface area contributed by atoms with Crippen molar-refractivity contribution < 1.29 is 32.3 Å². The van der Waals surface area contributed by atoms with E-state index in [4.69, 9.17) is 4.74 Å². The Bertz CT molecular complexity index is 924. The highest BCUT2D eigenvalue weighted by Crippen LogP contribution is 2.37. The largest absolute Gasteiger partial charge is 0.456 e. The number of carbonyl (C=O) groups is 3. The smallest absolute Gasteiger partial charge is 0.407 e. The molecular weight excluding hydrogens is 376 g/mol. The second-order valence-corrected chi connectivity index (χ2v) is 8.31. The van der Waals surface area contributed by atoms with Crippen molar-refractivity contribution in [2.75, 3.05) is 12.9 Å². The summed E-state index contributed by atoms with van der Waals surface area (Å²) in [7, 11) is -2.67. The number of nitrogens with zero attached hydrogens (tertiary/aromatic N) is 1. The van der Waals surface area contributed by atoms with Crippen LogP contribution in [0, 0.1) is 0 Å². The number of carbonyl (C=O) groups excluding carboxylic acids is 3. The van der Waals surface area contributed by atoms with Gasteiger partial charge < -0.3 is 14.8 Å². The van der Waals surface area contributed by atoms with Crippen LogP contribution < -0.4 is 5.32 Å². The Labute approximate surface area is 155 Å². The molecule has 10 heteroatoms. The molecule has 2 heterocycles. The summed E-state index contributed by atoms with van der Waals surface area (Å²) >= 11 is 0. The molecule has 1 aromatic rings. The van der Waals surface area contributed by atoms with E-state index >= 15 is 0 Å². The third-order valence-electron chi connectivity index (χ3n) is 4.34. The fourth-order valence-corrected chi connectivity index (χ4v) is 5.15. The lowest BCUT2D eigenvalue weighted by Crippen LogP contribution is -2.74. The zero-order valence-corrected chi connectivity index (χ0v) is 15.5. The van der Waals surface area contributed by atoms with Gasteiger partial charge in [0, 0.05) is 0 Å². The van der Waals surface area contributed by atoms with E-state index in [0.29, 0.717) is 0 Å². The average molecular weight is 394 g/mol. The summed E-state index contributed by atoms with van der Waals surface area (Å²) in [4.78, 5) is 37.2. The molecule has 2 atom stereocenters. The highest BCUT2D eigenvalue weighted by Gasteiger charge is 2.60. The minimum Gasteiger partial charge on any atom is -0.456 e. The van der Waals surface area contributed by atoms with Gasteiger partial charge in [-0.3, -0.25) is 9.69 Å². The molecule has 1 aromatic carbocycles. The van der Waals surface area contributed by atoms with E-state index in [2.05, 4.69) is 10.1 Å². The van der Waals surface area contributed by atoms with Crippen LogP contribution in [0.1, 0.15) is 12.5 Å². The molecule has 144 valence electrons. The zero-order chi connectivity index (χ0) is 19.8. The van der Waals surface area contributed by atoms with Gasteiger partial charge in [0.05, 0.1) is 12.9 Å². The molecule has 2 aliphatic rings. The van der Waals surface area contributed by atoms with Crippen molar-refractivity contribution in [2.45, 2.75) is 24.9 Å². The Kier molecular flexibility index (Phi) is 4.92. The third-order valence-corrected chi connectivity index (χ3v) is 6.39. The van der Waals surface area contributed by atoms with Gasteiger partial charge in [-0.25, -0.2) is 18.0 Å². The molecule has 9 nitrogen and oxygen atoms in total. The van der Waals surface area contributed by atoms with Gasteiger partial charge in [0.25, 0.3) is 5.91 Å². The Hall–Kier alpha value is -2.88. The summed E-state index contributed by atoms with van der Waals surface area (Å²) in [5.41, 5.74) is 0.872. The molecule has 27 heavy (non-hydrogen) atoms. The second kappa shape index (κ2) is 7.03. The number of benzene rings is 1. The molecule has 0 radical (unpaired) electrons. The number of rotatable bonds is 4. The quantitative estimate of drug-likeness (QED) is 0.577. The molecule has 0 aliphatic carbocycles. The molecule has 0 bridgehead atoms. The third kappa shape index (κ3) is 3.39.